The van der Waals surface area contributed by atoms with Crippen LogP contribution in [0.1, 0.15) is 98.6 Å². The number of aryl methyl sites for hydroxylation is 2. The molecular formula is C54H60F10N4O7S2. The lowest BCUT2D eigenvalue weighted by Gasteiger charge is -2.44. The molecule has 3 N–H and O–H groups in total. The number of rotatable bonds is 14. The van der Waals surface area contributed by atoms with Gasteiger partial charge in [0.25, 0.3) is 0 Å². The normalized spacial score (nSPS) is 24.6. The highest BCUT2D eigenvalue weighted by Gasteiger charge is 2.63. The van der Waals surface area contributed by atoms with Crippen molar-refractivity contribution in [3.8, 4) is 0 Å². The topological polar surface area (TPSA) is 159 Å². The SMILES string of the molecule is CNC(=O)CC[C@@H]1CC[C@@]2(S(=O)(=O)c3ccc(F)cc3)c3ccc(C(C)(F)C(F)(F)F)cc3CC[C@@H]12.CNC(=O)CN(CC(=O)NC)[C@@H]1CC[C@@]2(S(=O)(=O)c3ccc(F)cc3)c3ccc(C(C)(F)C(F)(F)F)cc3CC[C@@H]12. The number of alkyl halides is 8. The standard InChI is InChI=1S/C28H32F5N3O4S.C26H28F5NO3S/c1-26(30,28(31,32)33)18-5-11-21-17(14-18)4-10-22-23(36(15-24(37)34-2)16-25(38)35-3)12-13-27(21,22)41(39,40)20-8-6-19(29)7-9-20;1-24(28,26(29,30)31)18-5-11-22-17(15-18)3-10-21-16(4-12-23(33)32-2)13-14-25(21,22)36(34,35)20-8-6-19(27)7-9-20/h5-9,11,14,22-23H,4,10,12-13,15-16H2,1-3H3,(H,34,37)(H,35,38);5-9,11,15-16,21H,3-4,10,12-14H2,1-2H3,(H,32,33)/t22-,23+,26?,27+;16-,21+,24?,25+/m01/s1. The average molecular weight is 1130 g/mol. The molecule has 0 aromatic heterocycles. The van der Waals surface area contributed by atoms with Gasteiger partial charge < -0.3 is 16.0 Å². The molecule has 0 aliphatic heterocycles. The van der Waals surface area contributed by atoms with Crippen molar-refractivity contribution in [2.45, 2.75) is 127 Å². The highest BCUT2D eigenvalue weighted by molar-refractivity contribution is 7.92. The monoisotopic (exact) mass is 1130 g/mol. The predicted molar refractivity (Wildman–Crippen MR) is 265 cm³/mol. The molecule has 23 heteroatoms. The number of hydrogen-bond acceptors (Lipinski definition) is 8. The fraction of sp³-hybridized carbons (Fsp3) is 0.500. The van der Waals surface area contributed by atoms with Crippen molar-refractivity contribution in [3.05, 3.63) is 130 Å². The number of carbonyl (C=O) groups is 3. The quantitative estimate of drug-likeness (QED) is 0.0833. The van der Waals surface area contributed by atoms with Crippen LogP contribution in [0.3, 0.4) is 0 Å². The van der Waals surface area contributed by atoms with Crippen molar-refractivity contribution in [2.75, 3.05) is 34.2 Å². The van der Waals surface area contributed by atoms with Gasteiger partial charge in [-0.2, -0.15) is 26.3 Å². The number of halogens is 10. The molecule has 0 spiro atoms. The van der Waals surface area contributed by atoms with Crippen LogP contribution < -0.4 is 16.0 Å². The fourth-order valence-electron chi connectivity index (χ4n) is 12.4. The van der Waals surface area contributed by atoms with Crippen molar-refractivity contribution >= 4 is 37.4 Å². The molecule has 4 aliphatic carbocycles. The van der Waals surface area contributed by atoms with Gasteiger partial charge in [0.2, 0.25) is 29.1 Å². The minimum Gasteiger partial charge on any atom is -0.359 e. The van der Waals surface area contributed by atoms with Gasteiger partial charge in [-0.15, -0.1) is 0 Å². The molecule has 11 nitrogen and oxygen atoms in total. The molecule has 420 valence electrons. The third-order valence-electron chi connectivity index (χ3n) is 16.6. The van der Waals surface area contributed by atoms with E-state index in [4.69, 9.17) is 0 Å². The van der Waals surface area contributed by atoms with Gasteiger partial charge >= 0.3 is 12.4 Å². The summed E-state index contributed by atoms with van der Waals surface area (Å²) in [4.78, 5) is 38.0. The summed E-state index contributed by atoms with van der Waals surface area (Å²) >= 11 is 0. The summed E-state index contributed by atoms with van der Waals surface area (Å²) in [5.74, 6) is -3.35. The van der Waals surface area contributed by atoms with Crippen LogP contribution in [0.4, 0.5) is 43.9 Å². The van der Waals surface area contributed by atoms with E-state index in [-0.39, 0.29) is 96.2 Å². The molecule has 77 heavy (non-hydrogen) atoms. The van der Waals surface area contributed by atoms with Crippen molar-refractivity contribution in [2.24, 2.45) is 17.8 Å². The van der Waals surface area contributed by atoms with Crippen LogP contribution in [0.15, 0.2) is 94.7 Å². The van der Waals surface area contributed by atoms with E-state index in [0.29, 0.717) is 50.7 Å². The van der Waals surface area contributed by atoms with Crippen LogP contribution in [0.5, 0.6) is 0 Å². The molecule has 8 atom stereocenters. The van der Waals surface area contributed by atoms with Crippen molar-refractivity contribution in [1.82, 2.24) is 20.9 Å². The van der Waals surface area contributed by atoms with E-state index in [1.807, 2.05) is 0 Å². The summed E-state index contributed by atoms with van der Waals surface area (Å²) in [5, 5.41) is 7.58. The molecule has 2 unspecified atom stereocenters. The van der Waals surface area contributed by atoms with Crippen molar-refractivity contribution in [3.63, 3.8) is 0 Å². The van der Waals surface area contributed by atoms with E-state index in [9.17, 15) is 75.1 Å². The predicted octanol–water partition coefficient (Wildman–Crippen LogP) is 9.50. The Morgan fingerprint density at radius 2 is 0.948 bits per heavy atom. The molecule has 0 heterocycles. The largest absolute Gasteiger partial charge is 0.426 e. The Morgan fingerprint density at radius 1 is 0.558 bits per heavy atom. The first kappa shape index (κ1) is 59.1. The third kappa shape index (κ3) is 10.5. The molecular weight excluding hydrogens is 1070 g/mol. The molecule has 2 saturated carbocycles. The number of sulfone groups is 2. The average Bonchev–Trinajstić information content (AvgIpc) is 4.01. The second-order valence-corrected chi connectivity index (χ2v) is 25.0. The van der Waals surface area contributed by atoms with Gasteiger partial charge in [0.1, 0.15) is 21.1 Å². The smallest absolute Gasteiger partial charge is 0.359 e. The molecule has 0 saturated heterocycles. The number of benzene rings is 4. The Labute approximate surface area is 440 Å². The lowest BCUT2D eigenvalue weighted by molar-refractivity contribution is -0.229. The number of likely N-dealkylation sites (N-methyl/N-ethyl adjacent to an activating group) is 2. The maximum Gasteiger partial charge on any atom is 0.426 e. The highest BCUT2D eigenvalue weighted by atomic mass is 32.2. The van der Waals surface area contributed by atoms with E-state index >= 15 is 0 Å². The minimum absolute atomic E-state index is 0.0263. The van der Waals surface area contributed by atoms with Gasteiger partial charge in [0, 0.05) is 33.6 Å². The van der Waals surface area contributed by atoms with Crippen LogP contribution >= 0.6 is 0 Å². The van der Waals surface area contributed by atoms with Crippen LogP contribution in [0.2, 0.25) is 0 Å². The summed E-state index contributed by atoms with van der Waals surface area (Å²) in [6.45, 7) is 0.507. The molecule has 8 rings (SSSR count). The fourth-order valence-corrected chi connectivity index (χ4v) is 17.4. The Balaban J connectivity index is 0.000000225. The second-order valence-electron chi connectivity index (χ2n) is 20.6. The Bertz CT molecular complexity index is 3080. The summed E-state index contributed by atoms with van der Waals surface area (Å²) in [7, 11) is -4.04. The molecule has 4 aromatic carbocycles. The number of hydrogen-bond donors (Lipinski definition) is 3. The maximum absolute atomic E-state index is 14.9. The van der Waals surface area contributed by atoms with Crippen molar-refractivity contribution < 1.29 is 75.1 Å². The summed E-state index contributed by atoms with van der Waals surface area (Å²) < 4.78 is 192. The van der Waals surface area contributed by atoms with Gasteiger partial charge in [0.05, 0.1) is 22.9 Å². The Hall–Kier alpha value is -5.55. The van der Waals surface area contributed by atoms with E-state index in [0.717, 1.165) is 60.7 Å². The Morgan fingerprint density at radius 3 is 1.35 bits per heavy atom. The summed E-state index contributed by atoms with van der Waals surface area (Å²) in [5.41, 5.74) is -7.18. The Kier molecular flexibility index (Phi) is 16.6. The summed E-state index contributed by atoms with van der Waals surface area (Å²) in [6, 6.07) is 15.0. The number of fused-ring (bicyclic) bond motifs is 6. The number of carbonyl (C=O) groups excluding carboxylic acids is 3. The highest BCUT2D eigenvalue weighted by Crippen LogP contribution is 2.61. The number of nitrogens with one attached hydrogen (secondary N) is 3. The molecule has 2 fully saturated rings. The zero-order valence-corrected chi connectivity index (χ0v) is 44.4. The molecule has 4 aromatic rings. The van der Waals surface area contributed by atoms with Crippen LogP contribution in [0, 0.1) is 29.4 Å². The zero-order valence-electron chi connectivity index (χ0n) is 42.8. The number of nitrogens with zero attached hydrogens (tertiary/aromatic N) is 1. The van der Waals surface area contributed by atoms with Gasteiger partial charge in [-0.25, -0.2) is 34.4 Å². The number of amides is 3. The van der Waals surface area contributed by atoms with Gasteiger partial charge in [-0.1, -0.05) is 36.4 Å². The first-order valence-corrected chi connectivity index (χ1v) is 28.0. The van der Waals surface area contributed by atoms with Gasteiger partial charge in [-0.3, -0.25) is 19.3 Å². The minimum atomic E-state index is -5.19. The lowest BCUT2D eigenvalue weighted by Crippen LogP contribution is -2.53. The van der Waals surface area contributed by atoms with Crippen molar-refractivity contribution in [1.29, 1.82) is 0 Å². The van der Waals surface area contributed by atoms with Gasteiger partial charge in [-0.05, 0) is 171 Å². The van der Waals surface area contributed by atoms with Crippen LogP contribution in [-0.2, 0) is 67.7 Å². The van der Waals surface area contributed by atoms with E-state index < -0.39 is 93.5 Å². The van der Waals surface area contributed by atoms with Crippen LogP contribution in [0.25, 0.3) is 0 Å². The molecule has 3 amide bonds. The second kappa shape index (κ2) is 21.6. The summed E-state index contributed by atoms with van der Waals surface area (Å²) in [6.07, 6.45) is -7.63. The molecule has 4 aliphatic rings. The van der Waals surface area contributed by atoms with Crippen LogP contribution in [-0.4, -0.2) is 92.1 Å². The van der Waals surface area contributed by atoms with Gasteiger partial charge in [0.15, 0.2) is 19.7 Å². The zero-order chi connectivity index (χ0) is 56.9. The first-order valence-electron chi connectivity index (χ1n) is 25.0. The third-order valence-corrected chi connectivity index (χ3v) is 21.8. The molecule has 0 bridgehead atoms. The first-order chi connectivity index (χ1) is 35.8. The van der Waals surface area contributed by atoms with E-state index in [1.54, 1.807) is 4.90 Å². The lowest BCUT2D eigenvalue weighted by atomic mass is 9.72. The van der Waals surface area contributed by atoms with E-state index in [2.05, 4.69) is 16.0 Å². The van der Waals surface area contributed by atoms with E-state index in [1.165, 1.54) is 45.4 Å². The molecule has 0 radical (unpaired) electrons. The maximum atomic E-state index is 14.9.